The van der Waals surface area contributed by atoms with Gasteiger partial charge in [-0.25, -0.2) is 28.5 Å². The number of fused-ring (bicyclic) bond motifs is 3. The Kier molecular flexibility index (Phi) is 7.72. The number of rotatable bonds is 6. The molecule has 0 atom stereocenters. The highest BCUT2D eigenvalue weighted by Gasteiger charge is 2.27. The van der Waals surface area contributed by atoms with E-state index in [1.807, 2.05) is 42.5 Å². The first-order valence-electron chi connectivity index (χ1n) is 17.2. The lowest BCUT2D eigenvalue weighted by Gasteiger charge is -2.26. The highest BCUT2D eigenvalue weighted by molar-refractivity contribution is 6.07. The van der Waals surface area contributed by atoms with Crippen LogP contribution in [0.3, 0.4) is 0 Å². The van der Waals surface area contributed by atoms with Crippen LogP contribution in [0.5, 0.6) is 0 Å². The van der Waals surface area contributed by atoms with Crippen LogP contribution in [-0.2, 0) is 0 Å². The Morgan fingerprint density at radius 3 is 1.87 bits per heavy atom. The van der Waals surface area contributed by atoms with Crippen molar-refractivity contribution in [2.75, 3.05) is 0 Å². The van der Waals surface area contributed by atoms with Crippen LogP contribution < -0.4 is 0 Å². The van der Waals surface area contributed by atoms with Crippen molar-refractivity contribution in [2.45, 2.75) is 38.1 Å². The van der Waals surface area contributed by atoms with Gasteiger partial charge in [0.15, 0.2) is 0 Å². The summed E-state index contributed by atoms with van der Waals surface area (Å²) in [5, 5.41) is 10.4. The number of halogens is 2. The van der Waals surface area contributed by atoms with Gasteiger partial charge in [0.25, 0.3) is 0 Å². The Morgan fingerprint density at radius 2 is 1.19 bits per heavy atom. The van der Waals surface area contributed by atoms with Crippen molar-refractivity contribution in [3.8, 4) is 45.0 Å². The van der Waals surface area contributed by atoms with Gasteiger partial charge in [-0.2, -0.15) is 0 Å². The zero-order valence-corrected chi connectivity index (χ0v) is 27.8. The number of benzene rings is 5. The first-order chi connectivity index (χ1) is 25.4. The van der Waals surface area contributed by atoms with Gasteiger partial charge in [0.1, 0.15) is 17.5 Å². The minimum absolute atomic E-state index is 0.150. The molecule has 0 saturated heterocycles. The Bertz CT molecular complexity index is 2670. The molecule has 3 heterocycles. The zero-order chi connectivity index (χ0) is 35.3. The fourth-order valence-electron chi connectivity index (χ4n) is 7.47. The van der Waals surface area contributed by atoms with E-state index in [1.54, 1.807) is 42.7 Å². The number of carboxylic acid groups (broad SMARTS) is 1. The number of aromatic carboxylic acids is 1. The number of hydrogen-bond acceptors (Lipinski definition) is 6. The smallest absolute Gasteiger partial charge is 0.336 e. The van der Waals surface area contributed by atoms with E-state index in [0.29, 0.717) is 67.0 Å². The van der Waals surface area contributed by atoms with E-state index in [2.05, 4.69) is 14.5 Å². The Balaban J connectivity index is 1.28. The van der Waals surface area contributed by atoms with Gasteiger partial charge < -0.3 is 9.67 Å². The van der Waals surface area contributed by atoms with Crippen LogP contribution in [0.2, 0.25) is 0 Å². The highest BCUT2D eigenvalue weighted by atomic mass is 19.1. The summed E-state index contributed by atoms with van der Waals surface area (Å²) >= 11 is 0. The maximum atomic E-state index is 14.0. The second kappa shape index (κ2) is 12.7. The fraction of sp³-hybridized carbons (Fsp3) is 0.143. The molecule has 0 unspecified atom stereocenters. The van der Waals surface area contributed by atoms with Gasteiger partial charge in [-0.15, -0.1) is 0 Å². The lowest BCUT2D eigenvalue weighted by atomic mass is 9.94. The van der Waals surface area contributed by atoms with Crippen molar-refractivity contribution in [1.82, 2.24) is 29.5 Å². The number of nitrogens with zero attached hydrogens (tertiary/aromatic N) is 6. The van der Waals surface area contributed by atoms with Crippen molar-refractivity contribution in [3.63, 3.8) is 0 Å². The number of carbonyl (C=O) groups is 1. The molecule has 0 radical (unpaired) electrons. The monoisotopic (exact) mass is 688 g/mol. The van der Waals surface area contributed by atoms with Crippen LogP contribution >= 0.6 is 0 Å². The molecule has 1 aliphatic carbocycles. The van der Waals surface area contributed by atoms with E-state index < -0.39 is 5.97 Å². The molecular weight excluding hydrogens is 658 g/mol. The van der Waals surface area contributed by atoms with Crippen molar-refractivity contribution in [2.24, 2.45) is 0 Å². The Labute approximate surface area is 296 Å². The largest absolute Gasteiger partial charge is 0.478 e. The Morgan fingerprint density at radius 1 is 0.615 bits per heavy atom. The third kappa shape index (κ3) is 5.53. The SMILES string of the molecule is O=C(O)c1ccc2c(nc(-c3ccc4nc(-c5ccc(F)cc5)c(-c5ccc(F)cc5)nc4c3)n2C2CCCCC2)c1-c1ccc2nccnc2c1. The van der Waals surface area contributed by atoms with Gasteiger partial charge in [-0.3, -0.25) is 9.97 Å². The second-order valence-corrected chi connectivity index (χ2v) is 13.2. The minimum atomic E-state index is -1.05. The number of aromatic nitrogens is 6. The summed E-state index contributed by atoms with van der Waals surface area (Å²) in [7, 11) is 0. The predicted octanol–water partition coefficient (Wildman–Crippen LogP) is 10.1. The van der Waals surface area contributed by atoms with Crippen LogP contribution in [0.1, 0.15) is 48.5 Å². The van der Waals surface area contributed by atoms with E-state index in [0.717, 1.165) is 36.8 Å². The lowest BCUT2D eigenvalue weighted by molar-refractivity contribution is 0.0698. The van der Waals surface area contributed by atoms with Crippen LogP contribution in [-0.4, -0.2) is 40.6 Å². The lowest BCUT2D eigenvalue weighted by Crippen LogP contribution is -2.14. The summed E-state index contributed by atoms with van der Waals surface area (Å²) in [5.41, 5.74) is 8.64. The van der Waals surface area contributed by atoms with Crippen LogP contribution in [0.15, 0.2) is 109 Å². The molecule has 52 heavy (non-hydrogen) atoms. The zero-order valence-electron chi connectivity index (χ0n) is 27.8. The van der Waals surface area contributed by atoms with Crippen molar-refractivity contribution < 1.29 is 18.7 Å². The molecule has 3 aromatic heterocycles. The summed E-state index contributed by atoms with van der Waals surface area (Å²) in [4.78, 5) is 36.9. The summed E-state index contributed by atoms with van der Waals surface area (Å²) in [6.45, 7) is 0. The van der Waals surface area contributed by atoms with E-state index in [-0.39, 0.29) is 23.2 Å². The first-order valence-corrected chi connectivity index (χ1v) is 17.2. The summed E-state index contributed by atoms with van der Waals surface area (Å²) in [6.07, 6.45) is 8.54. The molecule has 9 rings (SSSR count). The molecule has 0 bridgehead atoms. The second-order valence-electron chi connectivity index (χ2n) is 13.2. The molecule has 1 fully saturated rings. The molecule has 1 aliphatic rings. The van der Waals surface area contributed by atoms with E-state index in [4.69, 9.17) is 15.0 Å². The van der Waals surface area contributed by atoms with Crippen molar-refractivity contribution >= 4 is 39.1 Å². The molecule has 254 valence electrons. The Hall–Kier alpha value is -6.42. The van der Waals surface area contributed by atoms with E-state index in [9.17, 15) is 18.7 Å². The third-order valence-corrected chi connectivity index (χ3v) is 9.95. The minimum Gasteiger partial charge on any atom is -0.478 e. The first kappa shape index (κ1) is 31.6. The van der Waals surface area contributed by atoms with Gasteiger partial charge in [0, 0.05) is 40.7 Å². The summed E-state index contributed by atoms with van der Waals surface area (Å²) < 4.78 is 30.2. The molecule has 0 aliphatic heterocycles. The highest BCUT2D eigenvalue weighted by Crippen LogP contribution is 2.41. The number of carboxylic acids is 1. The standard InChI is InChI=1S/C42H30F2N6O2/c43-28-12-6-24(7-13-28)38-39(25-8-14-29(44)15-9-25)48-35-23-27(11-18-33(35)47-38)41-49-40-36(50(41)30-4-2-1-3-5-30)19-16-31(42(51)52)37(40)26-10-17-32-34(22-26)46-21-20-45-32/h6-23,30H,1-5H2,(H,51,52). The molecule has 1 N–H and O–H groups in total. The average molecular weight is 689 g/mol. The maximum Gasteiger partial charge on any atom is 0.336 e. The fourth-order valence-corrected chi connectivity index (χ4v) is 7.47. The van der Waals surface area contributed by atoms with Crippen molar-refractivity contribution in [3.05, 3.63) is 127 Å². The average Bonchev–Trinajstić information content (AvgIpc) is 3.57. The quantitative estimate of drug-likeness (QED) is 0.185. The van der Waals surface area contributed by atoms with Crippen LogP contribution in [0.4, 0.5) is 8.78 Å². The van der Waals surface area contributed by atoms with Crippen LogP contribution in [0, 0.1) is 11.6 Å². The molecule has 8 aromatic rings. The maximum absolute atomic E-state index is 14.0. The molecule has 0 amide bonds. The van der Waals surface area contributed by atoms with Crippen molar-refractivity contribution in [1.29, 1.82) is 0 Å². The molecule has 10 heteroatoms. The predicted molar refractivity (Wildman–Crippen MR) is 197 cm³/mol. The van der Waals surface area contributed by atoms with Gasteiger partial charge in [-0.05, 0) is 109 Å². The normalized spacial score (nSPS) is 13.7. The molecule has 0 spiro atoms. The molecule has 8 nitrogen and oxygen atoms in total. The van der Waals surface area contributed by atoms with Gasteiger partial charge in [-0.1, -0.05) is 25.3 Å². The molecular formula is C42H30F2N6O2. The summed E-state index contributed by atoms with van der Waals surface area (Å²) in [5.74, 6) is -1.07. The molecule has 5 aromatic carbocycles. The van der Waals surface area contributed by atoms with Gasteiger partial charge in [0.05, 0.1) is 50.1 Å². The topological polar surface area (TPSA) is 107 Å². The van der Waals surface area contributed by atoms with E-state index >= 15 is 0 Å². The number of hydrogen-bond donors (Lipinski definition) is 1. The summed E-state index contributed by atoms with van der Waals surface area (Å²) in [6, 6.07) is 27.3. The third-order valence-electron chi connectivity index (χ3n) is 9.95. The number of imidazole rings is 1. The van der Waals surface area contributed by atoms with Gasteiger partial charge >= 0.3 is 5.97 Å². The van der Waals surface area contributed by atoms with Gasteiger partial charge in [0.2, 0.25) is 0 Å². The molecule has 1 saturated carbocycles. The van der Waals surface area contributed by atoms with Crippen LogP contribution in [0.25, 0.3) is 78.1 Å². The van der Waals surface area contributed by atoms with E-state index in [1.165, 1.54) is 30.7 Å².